The molecule has 2 aromatic rings. The van der Waals surface area contributed by atoms with Crippen LogP contribution in [0.15, 0.2) is 18.3 Å². The third-order valence-corrected chi connectivity index (χ3v) is 3.89. The summed E-state index contributed by atoms with van der Waals surface area (Å²) >= 11 is 0. The number of rotatable bonds is 3. The van der Waals surface area contributed by atoms with Crippen molar-refractivity contribution < 1.29 is 0 Å². The minimum absolute atomic E-state index is 0.593. The second-order valence-corrected chi connectivity index (χ2v) is 5.40. The first kappa shape index (κ1) is 12.6. The summed E-state index contributed by atoms with van der Waals surface area (Å²) in [6.07, 6.45) is 4.42. The summed E-state index contributed by atoms with van der Waals surface area (Å²) in [7, 11) is 4.12. The van der Waals surface area contributed by atoms with Crippen molar-refractivity contribution in [2.45, 2.75) is 25.3 Å². The van der Waals surface area contributed by atoms with Crippen LogP contribution >= 0.6 is 0 Å². The minimum Gasteiger partial charge on any atom is -0.314 e. The van der Waals surface area contributed by atoms with E-state index in [1.54, 1.807) is 0 Å². The Bertz CT molecular complexity index is 554. The Kier molecular flexibility index (Phi) is 3.48. The number of fused-ring (bicyclic) bond motifs is 1. The van der Waals surface area contributed by atoms with Crippen molar-refractivity contribution in [3.63, 3.8) is 0 Å². The van der Waals surface area contributed by atoms with E-state index in [0.717, 1.165) is 17.9 Å². The highest BCUT2D eigenvalue weighted by molar-refractivity contribution is 5.39. The van der Waals surface area contributed by atoms with E-state index in [2.05, 4.69) is 34.4 Å². The van der Waals surface area contributed by atoms with Gasteiger partial charge in [0.15, 0.2) is 5.65 Å². The van der Waals surface area contributed by atoms with Gasteiger partial charge in [-0.05, 0) is 52.2 Å². The number of nitrogens with one attached hydrogen (secondary N) is 1. The molecule has 102 valence electrons. The molecule has 0 aromatic carbocycles. The summed E-state index contributed by atoms with van der Waals surface area (Å²) in [5, 5.41) is 7.85. The molecule has 1 fully saturated rings. The van der Waals surface area contributed by atoms with E-state index in [1.807, 2.05) is 17.8 Å². The predicted octanol–water partition coefficient (Wildman–Crippen LogP) is 1.26. The van der Waals surface area contributed by atoms with Crippen molar-refractivity contribution in [2.24, 2.45) is 0 Å². The lowest BCUT2D eigenvalue weighted by atomic mass is 9.94. The maximum Gasteiger partial charge on any atom is 0.153 e. The van der Waals surface area contributed by atoms with Crippen LogP contribution in [-0.2, 0) is 6.54 Å². The Morgan fingerprint density at radius 2 is 2.11 bits per heavy atom. The maximum atomic E-state index is 4.73. The van der Waals surface area contributed by atoms with Gasteiger partial charge in [0.1, 0.15) is 0 Å². The molecule has 1 aliphatic heterocycles. The zero-order valence-electron chi connectivity index (χ0n) is 11.6. The lowest BCUT2D eigenvalue weighted by molar-refractivity contribution is 0.252. The molecule has 0 bridgehead atoms. The van der Waals surface area contributed by atoms with Crippen LogP contribution in [0.4, 0.5) is 0 Å². The second kappa shape index (κ2) is 5.27. The van der Waals surface area contributed by atoms with Crippen LogP contribution < -0.4 is 5.32 Å². The number of hydrogen-bond acceptors (Lipinski definition) is 4. The number of nitrogens with zero attached hydrogens (tertiary/aromatic N) is 4. The van der Waals surface area contributed by atoms with Gasteiger partial charge in [-0.1, -0.05) is 0 Å². The summed E-state index contributed by atoms with van der Waals surface area (Å²) in [4.78, 5) is 6.92. The topological polar surface area (TPSA) is 45.5 Å². The fourth-order valence-corrected chi connectivity index (χ4v) is 2.73. The minimum atomic E-state index is 0.593. The molecule has 0 atom stereocenters. The van der Waals surface area contributed by atoms with Gasteiger partial charge in [0, 0.05) is 12.5 Å². The quantitative estimate of drug-likeness (QED) is 0.901. The SMILES string of the molecule is CNCc1cn2nc(C3CCN(C)CC3)ccc2n1. The van der Waals surface area contributed by atoms with Gasteiger partial charge in [-0.2, -0.15) is 5.10 Å². The Balaban J connectivity index is 1.84. The zero-order chi connectivity index (χ0) is 13.2. The maximum absolute atomic E-state index is 4.73. The zero-order valence-corrected chi connectivity index (χ0v) is 11.6. The van der Waals surface area contributed by atoms with E-state index < -0.39 is 0 Å². The van der Waals surface area contributed by atoms with Gasteiger partial charge in [0.2, 0.25) is 0 Å². The largest absolute Gasteiger partial charge is 0.314 e. The molecule has 1 aliphatic rings. The van der Waals surface area contributed by atoms with Crippen LogP contribution in [0.2, 0.25) is 0 Å². The standard InChI is InChI=1S/C14H21N5/c1-15-9-12-10-19-14(16-12)4-3-13(17-19)11-5-7-18(2)8-6-11/h3-4,10-11,15H,5-9H2,1-2H3. The van der Waals surface area contributed by atoms with Gasteiger partial charge >= 0.3 is 0 Å². The van der Waals surface area contributed by atoms with Crippen LogP contribution in [0.25, 0.3) is 5.65 Å². The van der Waals surface area contributed by atoms with Gasteiger partial charge in [0.05, 0.1) is 17.6 Å². The van der Waals surface area contributed by atoms with E-state index in [1.165, 1.54) is 31.6 Å². The highest BCUT2D eigenvalue weighted by Gasteiger charge is 2.20. The molecule has 0 spiro atoms. The fourth-order valence-electron chi connectivity index (χ4n) is 2.73. The molecule has 19 heavy (non-hydrogen) atoms. The Morgan fingerprint density at radius 1 is 1.32 bits per heavy atom. The summed E-state index contributed by atoms with van der Waals surface area (Å²) in [5.41, 5.74) is 3.17. The van der Waals surface area contributed by atoms with Crippen LogP contribution in [0.5, 0.6) is 0 Å². The molecule has 0 saturated carbocycles. The second-order valence-electron chi connectivity index (χ2n) is 5.40. The molecule has 0 amide bonds. The molecule has 2 aromatic heterocycles. The molecule has 1 saturated heterocycles. The van der Waals surface area contributed by atoms with Crippen molar-refractivity contribution in [1.82, 2.24) is 24.8 Å². The lowest BCUT2D eigenvalue weighted by Gasteiger charge is -2.28. The first-order valence-corrected chi connectivity index (χ1v) is 6.94. The first-order chi connectivity index (χ1) is 9.26. The molecule has 1 N–H and O–H groups in total. The van der Waals surface area contributed by atoms with Crippen LogP contribution in [0.1, 0.15) is 30.1 Å². The van der Waals surface area contributed by atoms with Crippen molar-refractivity contribution in [3.05, 3.63) is 29.7 Å². The van der Waals surface area contributed by atoms with Gasteiger partial charge in [0.25, 0.3) is 0 Å². The van der Waals surface area contributed by atoms with E-state index in [4.69, 9.17) is 5.10 Å². The molecule has 0 radical (unpaired) electrons. The Morgan fingerprint density at radius 3 is 2.84 bits per heavy atom. The number of hydrogen-bond donors (Lipinski definition) is 1. The number of piperidine rings is 1. The van der Waals surface area contributed by atoms with Crippen molar-refractivity contribution in [2.75, 3.05) is 27.2 Å². The molecule has 3 rings (SSSR count). The van der Waals surface area contributed by atoms with Gasteiger partial charge in [-0.25, -0.2) is 9.50 Å². The molecule has 0 unspecified atom stereocenters. The van der Waals surface area contributed by atoms with E-state index >= 15 is 0 Å². The highest BCUT2D eigenvalue weighted by Crippen LogP contribution is 2.25. The molecule has 5 heteroatoms. The van der Waals surface area contributed by atoms with Crippen LogP contribution in [0, 0.1) is 0 Å². The van der Waals surface area contributed by atoms with Gasteiger partial charge in [-0.15, -0.1) is 0 Å². The lowest BCUT2D eigenvalue weighted by Crippen LogP contribution is -2.29. The summed E-state index contributed by atoms with van der Waals surface area (Å²) in [5.74, 6) is 0.593. The van der Waals surface area contributed by atoms with E-state index in [9.17, 15) is 0 Å². The average Bonchev–Trinajstić information content (AvgIpc) is 2.81. The highest BCUT2D eigenvalue weighted by atomic mass is 15.3. The third-order valence-electron chi connectivity index (χ3n) is 3.89. The summed E-state index contributed by atoms with van der Waals surface area (Å²) in [6, 6.07) is 4.22. The van der Waals surface area contributed by atoms with Crippen LogP contribution in [-0.4, -0.2) is 46.7 Å². The fraction of sp³-hybridized carbons (Fsp3) is 0.571. The first-order valence-electron chi connectivity index (χ1n) is 6.94. The van der Waals surface area contributed by atoms with Crippen molar-refractivity contribution in [3.8, 4) is 0 Å². The Labute approximate surface area is 113 Å². The molecular weight excluding hydrogens is 238 g/mol. The van der Waals surface area contributed by atoms with Gasteiger partial charge < -0.3 is 10.2 Å². The van der Waals surface area contributed by atoms with Crippen molar-refractivity contribution in [1.29, 1.82) is 0 Å². The monoisotopic (exact) mass is 259 g/mol. The van der Waals surface area contributed by atoms with Gasteiger partial charge in [-0.3, -0.25) is 0 Å². The normalized spacial score (nSPS) is 18.2. The molecular formula is C14H21N5. The average molecular weight is 259 g/mol. The smallest absolute Gasteiger partial charge is 0.153 e. The van der Waals surface area contributed by atoms with E-state index in [-0.39, 0.29) is 0 Å². The van der Waals surface area contributed by atoms with E-state index in [0.29, 0.717) is 5.92 Å². The van der Waals surface area contributed by atoms with Crippen molar-refractivity contribution >= 4 is 5.65 Å². The Hall–Kier alpha value is -1.46. The summed E-state index contributed by atoms with van der Waals surface area (Å²) in [6.45, 7) is 3.12. The third kappa shape index (κ3) is 2.62. The number of imidazole rings is 1. The molecule has 0 aliphatic carbocycles. The molecule has 5 nitrogen and oxygen atoms in total. The number of aromatic nitrogens is 3. The number of likely N-dealkylation sites (tertiary alicyclic amines) is 1. The summed E-state index contributed by atoms with van der Waals surface area (Å²) < 4.78 is 1.92. The molecule has 3 heterocycles. The van der Waals surface area contributed by atoms with Crippen LogP contribution in [0.3, 0.4) is 0 Å². The predicted molar refractivity (Wildman–Crippen MR) is 75.2 cm³/mol.